The fourth-order valence-electron chi connectivity index (χ4n) is 3.31. The Morgan fingerprint density at radius 2 is 1.90 bits per heavy atom. The topological polar surface area (TPSA) is 127 Å². The number of non-ortho nitro benzene ring substituents is 1. The fourth-order valence-corrected chi connectivity index (χ4v) is 3.43. The molecule has 1 atom stereocenters. The minimum atomic E-state index is -1.22. The molecule has 0 saturated carbocycles. The standard InChI is InChI=1S/C21H17ClN2O7/c1-2-31-16(25)11-23-18(13-4-3-5-15(10-13)24(29)30)17(20(27)21(23)28)19(26)12-6-8-14(22)9-7-12/h3-10,18,26H,2,11H2,1H3/b19-17+. The summed E-state index contributed by atoms with van der Waals surface area (Å²) in [5, 5.41) is 22.5. The molecule has 0 bridgehead atoms. The van der Waals surface area contributed by atoms with Crippen LogP contribution in [-0.2, 0) is 19.1 Å². The molecule has 2 aromatic carbocycles. The van der Waals surface area contributed by atoms with E-state index in [1.807, 2.05) is 0 Å². The van der Waals surface area contributed by atoms with Crippen molar-refractivity contribution in [1.29, 1.82) is 0 Å². The van der Waals surface area contributed by atoms with Gasteiger partial charge in [-0.25, -0.2) is 0 Å². The molecule has 31 heavy (non-hydrogen) atoms. The van der Waals surface area contributed by atoms with Crippen molar-refractivity contribution in [2.75, 3.05) is 13.2 Å². The number of hydrogen-bond donors (Lipinski definition) is 1. The van der Waals surface area contributed by atoms with Gasteiger partial charge in [-0.3, -0.25) is 24.5 Å². The second-order valence-corrected chi connectivity index (χ2v) is 7.03. The molecule has 1 unspecified atom stereocenters. The zero-order chi connectivity index (χ0) is 22.7. The van der Waals surface area contributed by atoms with Gasteiger partial charge in [-0.2, -0.15) is 0 Å². The number of ether oxygens (including phenoxy) is 1. The number of esters is 1. The Morgan fingerprint density at radius 1 is 1.23 bits per heavy atom. The van der Waals surface area contributed by atoms with E-state index in [4.69, 9.17) is 16.3 Å². The second kappa shape index (κ2) is 8.97. The number of aliphatic hydroxyl groups is 1. The van der Waals surface area contributed by atoms with Crippen molar-refractivity contribution in [2.45, 2.75) is 13.0 Å². The van der Waals surface area contributed by atoms with E-state index in [2.05, 4.69) is 0 Å². The number of carbonyl (C=O) groups is 3. The Balaban J connectivity index is 2.18. The number of carbonyl (C=O) groups excluding carboxylic acids is 3. The maximum atomic E-state index is 12.8. The summed E-state index contributed by atoms with van der Waals surface area (Å²) in [4.78, 5) is 49.1. The van der Waals surface area contributed by atoms with E-state index in [0.29, 0.717) is 5.02 Å². The van der Waals surface area contributed by atoms with Crippen LogP contribution in [0.15, 0.2) is 54.1 Å². The number of benzene rings is 2. The number of hydrogen-bond acceptors (Lipinski definition) is 7. The maximum absolute atomic E-state index is 12.8. The monoisotopic (exact) mass is 444 g/mol. The lowest BCUT2D eigenvalue weighted by Gasteiger charge is -2.24. The van der Waals surface area contributed by atoms with E-state index in [1.165, 1.54) is 48.5 Å². The SMILES string of the molecule is CCOC(=O)CN1C(=O)C(=O)/C(=C(/O)c2ccc(Cl)cc2)C1c1cccc([N+](=O)[O-])c1. The molecule has 0 spiro atoms. The van der Waals surface area contributed by atoms with Gasteiger partial charge in [0.1, 0.15) is 12.3 Å². The quantitative estimate of drug-likeness (QED) is 0.181. The van der Waals surface area contributed by atoms with E-state index >= 15 is 0 Å². The van der Waals surface area contributed by atoms with Gasteiger partial charge in [-0.15, -0.1) is 0 Å². The van der Waals surface area contributed by atoms with Crippen LogP contribution in [0.4, 0.5) is 5.69 Å². The first kappa shape index (κ1) is 22.0. The lowest BCUT2D eigenvalue weighted by atomic mass is 9.95. The molecule has 0 aromatic heterocycles. The number of amides is 1. The molecule has 1 fully saturated rings. The first-order valence-electron chi connectivity index (χ1n) is 9.19. The average molecular weight is 445 g/mol. The van der Waals surface area contributed by atoms with Crippen LogP contribution in [0.5, 0.6) is 0 Å². The Morgan fingerprint density at radius 3 is 2.52 bits per heavy atom. The third kappa shape index (κ3) is 4.41. The van der Waals surface area contributed by atoms with E-state index < -0.39 is 40.9 Å². The Kier molecular flexibility index (Phi) is 6.36. The molecule has 10 heteroatoms. The third-order valence-corrected chi connectivity index (χ3v) is 4.91. The van der Waals surface area contributed by atoms with Gasteiger partial charge in [0.25, 0.3) is 17.4 Å². The highest BCUT2D eigenvalue weighted by Crippen LogP contribution is 2.40. The number of halogens is 1. The van der Waals surface area contributed by atoms with Crippen LogP contribution in [0.25, 0.3) is 5.76 Å². The molecule has 2 aromatic rings. The van der Waals surface area contributed by atoms with Gasteiger partial charge in [0.15, 0.2) is 0 Å². The molecule has 1 aliphatic heterocycles. The van der Waals surface area contributed by atoms with Gasteiger partial charge in [-0.05, 0) is 36.8 Å². The van der Waals surface area contributed by atoms with Crippen LogP contribution in [0.3, 0.4) is 0 Å². The molecule has 3 rings (SSSR count). The Hall–Kier alpha value is -3.72. The number of Topliss-reactive ketones (excluding diaryl/α,β-unsaturated/α-hetero) is 1. The summed E-state index contributed by atoms with van der Waals surface area (Å²) < 4.78 is 4.88. The van der Waals surface area contributed by atoms with Crippen LogP contribution < -0.4 is 0 Å². The van der Waals surface area contributed by atoms with Crippen molar-refractivity contribution in [2.24, 2.45) is 0 Å². The number of aliphatic hydroxyl groups excluding tert-OH is 1. The molecule has 1 N–H and O–H groups in total. The molecule has 160 valence electrons. The lowest BCUT2D eigenvalue weighted by Crippen LogP contribution is -2.35. The molecule has 1 aliphatic rings. The van der Waals surface area contributed by atoms with Gasteiger partial charge in [0.05, 0.1) is 23.1 Å². The summed E-state index contributed by atoms with van der Waals surface area (Å²) in [6.45, 7) is 1.09. The van der Waals surface area contributed by atoms with Crippen LogP contribution in [0, 0.1) is 10.1 Å². The van der Waals surface area contributed by atoms with Crippen molar-refractivity contribution in [3.05, 3.63) is 80.4 Å². The van der Waals surface area contributed by atoms with Crippen molar-refractivity contribution in [1.82, 2.24) is 4.90 Å². The minimum Gasteiger partial charge on any atom is -0.507 e. The minimum absolute atomic E-state index is 0.0645. The zero-order valence-electron chi connectivity index (χ0n) is 16.3. The summed E-state index contributed by atoms with van der Waals surface area (Å²) >= 11 is 5.87. The van der Waals surface area contributed by atoms with Crippen molar-refractivity contribution < 1.29 is 29.2 Å². The summed E-state index contributed by atoms with van der Waals surface area (Å²) in [5.74, 6) is -3.29. The van der Waals surface area contributed by atoms with Crippen molar-refractivity contribution >= 4 is 40.7 Å². The largest absolute Gasteiger partial charge is 0.507 e. The predicted molar refractivity (Wildman–Crippen MR) is 110 cm³/mol. The summed E-state index contributed by atoms with van der Waals surface area (Å²) in [7, 11) is 0. The average Bonchev–Trinajstić information content (AvgIpc) is 2.99. The maximum Gasteiger partial charge on any atom is 0.325 e. The number of ketones is 1. The smallest absolute Gasteiger partial charge is 0.325 e. The number of rotatable bonds is 6. The number of nitro benzene ring substituents is 1. The highest BCUT2D eigenvalue weighted by molar-refractivity contribution is 6.47. The zero-order valence-corrected chi connectivity index (χ0v) is 17.0. The molecular weight excluding hydrogens is 428 g/mol. The first-order chi connectivity index (χ1) is 14.7. The molecule has 1 heterocycles. The molecular formula is C21H17ClN2O7. The van der Waals surface area contributed by atoms with Gasteiger partial charge in [0, 0.05) is 22.7 Å². The summed E-state index contributed by atoms with van der Waals surface area (Å²) in [6, 6.07) is 9.98. The van der Waals surface area contributed by atoms with Gasteiger partial charge < -0.3 is 14.7 Å². The number of nitrogens with zero attached hydrogens (tertiary/aromatic N) is 2. The van der Waals surface area contributed by atoms with E-state index in [-0.39, 0.29) is 29.0 Å². The van der Waals surface area contributed by atoms with Gasteiger partial charge in [-0.1, -0.05) is 23.7 Å². The van der Waals surface area contributed by atoms with E-state index in [9.17, 15) is 29.6 Å². The number of nitro groups is 1. The Bertz CT molecular complexity index is 1100. The van der Waals surface area contributed by atoms with Crippen molar-refractivity contribution in [3.8, 4) is 0 Å². The summed E-state index contributed by atoms with van der Waals surface area (Å²) in [6.07, 6.45) is 0. The molecule has 1 saturated heterocycles. The van der Waals surface area contributed by atoms with Crippen LogP contribution in [-0.4, -0.2) is 45.7 Å². The van der Waals surface area contributed by atoms with Crippen molar-refractivity contribution in [3.63, 3.8) is 0 Å². The van der Waals surface area contributed by atoms with Gasteiger partial charge in [0.2, 0.25) is 0 Å². The van der Waals surface area contributed by atoms with E-state index in [1.54, 1.807) is 6.92 Å². The second-order valence-electron chi connectivity index (χ2n) is 6.59. The summed E-state index contributed by atoms with van der Waals surface area (Å²) in [5.41, 5.74) is -0.162. The number of likely N-dealkylation sites (tertiary alicyclic amines) is 1. The fraction of sp³-hybridized carbons (Fsp3) is 0.190. The van der Waals surface area contributed by atoms with Crippen LogP contribution >= 0.6 is 11.6 Å². The third-order valence-electron chi connectivity index (χ3n) is 4.66. The predicted octanol–water partition coefficient (Wildman–Crippen LogP) is 3.23. The molecule has 9 nitrogen and oxygen atoms in total. The van der Waals surface area contributed by atoms with E-state index in [0.717, 1.165) is 4.90 Å². The lowest BCUT2D eigenvalue weighted by molar-refractivity contribution is -0.384. The van der Waals surface area contributed by atoms with Gasteiger partial charge >= 0.3 is 5.97 Å². The molecule has 1 amide bonds. The van der Waals surface area contributed by atoms with Crippen LogP contribution in [0.2, 0.25) is 5.02 Å². The normalized spacial score (nSPS) is 17.6. The molecule has 0 radical (unpaired) electrons. The Labute approximate surface area is 181 Å². The highest BCUT2D eigenvalue weighted by atomic mass is 35.5. The molecule has 0 aliphatic carbocycles. The highest BCUT2D eigenvalue weighted by Gasteiger charge is 2.47. The first-order valence-corrected chi connectivity index (χ1v) is 9.56. The van der Waals surface area contributed by atoms with Crippen LogP contribution in [0.1, 0.15) is 24.1 Å².